The average molecular weight is 289 g/mol. The average Bonchev–Trinajstić information content (AvgIpc) is 2.43. The second-order valence-electron chi connectivity index (χ2n) is 7.23. The number of hydrogen-bond acceptors (Lipinski definition) is 0. The Morgan fingerprint density at radius 3 is 1.71 bits per heavy atom. The van der Waals surface area contributed by atoms with Crippen LogP contribution in [0.15, 0.2) is 12.1 Å². The summed E-state index contributed by atoms with van der Waals surface area (Å²) >= 11 is 0. The second-order valence-corrected chi connectivity index (χ2v) is 7.23. The van der Waals surface area contributed by atoms with E-state index in [-0.39, 0.29) is 0 Å². The van der Waals surface area contributed by atoms with Gasteiger partial charge in [-0.2, -0.15) is 0 Å². The molecule has 0 saturated heterocycles. The van der Waals surface area contributed by atoms with Gasteiger partial charge in [-0.15, -0.1) is 0 Å². The van der Waals surface area contributed by atoms with E-state index in [0.29, 0.717) is 11.8 Å². The first-order chi connectivity index (χ1) is 9.97. The molecule has 1 aromatic carbocycles. The molecular formula is C21H36. The number of rotatable bonds is 9. The van der Waals surface area contributed by atoms with Gasteiger partial charge >= 0.3 is 0 Å². The summed E-state index contributed by atoms with van der Waals surface area (Å²) in [6, 6.07) is 4.94. The molecule has 0 heteroatoms. The van der Waals surface area contributed by atoms with Crippen LogP contribution in [0.25, 0.3) is 0 Å². The summed E-state index contributed by atoms with van der Waals surface area (Å²) in [5.74, 6) is 1.26. The van der Waals surface area contributed by atoms with Gasteiger partial charge in [0.25, 0.3) is 0 Å². The molecule has 21 heavy (non-hydrogen) atoms. The summed E-state index contributed by atoms with van der Waals surface area (Å²) in [7, 11) is 0. The third-order valence-corrected chi connectivity index (χ3v) is 4.61. The number of hydrogen-bond donors (Lipinski definition) is 0. The van der Waals surface area contributed by atoms with Crippen LogP contribution in [0.1, 0.15) is 107 Å². The number of benzene rings is 1. The molecule has 0 N–H and O–H groups in total. The molecule has 0 spiro atoms. The van der Waals surface area contributed by atoms with Gasteiger partial charge in [0.1, 0.15) is 0 Å². The minimum Gasteiger partial charge on any atom is -0.0654 e. The molecule has 0 aliphatic rings. The molecule has 1 rings (SSSR count). The molecule has 0 atom stereocenters. The molecule has 0 aliphatic carbocycles. The minimum absolute atomic E-state index is 0.631. The van der Waals surface area contributed by atoms with Crippen LogP contribution in [-0.4, -0.2) is 0 Å². The van der Waals surface area contributed by atoms with Crippen molar-refractivity contribution in [2.24, 2.45) is 0 Å². The standard InChI is InChI=1S/C21H36/c1-7-8-9-10-11-12-13-19-14-20(16(2)3)18(6)21(15-19)17(4)5/h14-17H,7-13H2,1-6H3. The maximum absolute atomic E-state index is 2.47. The zero-order chi connectivity index (χ0) is 15.8. The normalized spacial score (nSPS) is 11.6. The SMILES string of the molecule is CCCCCCCCc1cc(C(C)C)c(C)c(C(C)C)c1. The highest BCUT2D eigenvalue weighted by Crippen LogP contribution is 2.29. The van der Waals surface area contributed by atoms with Gasteiger partial charge in [0, 0.05) is 0 Å². The Morgan fingerprint density at radius 2 is 1.24 bits per heavy atom. The van der Waals surface area contributed by atoms with E-state index in [4.69, 9.17) is 0 Å². The molecule has 0 saturated carbocycles. The lowest BCUT2D eigenvalue weighted by Gasteiger charge is -2.19. The highest BCUT2D eigenvalue weighted by molar-refractivity contribution is 5.41. The van der Waals surface area contributed by atoms with Gasteiger partial charge in [-0.05, 0) is 53.9 Å². The summed E-state index contributed by atoms with van der Waals surface area (Å²) in [6.07, 6.45) is 9.56. The molecule has 0 unspecified atom stereocenters. The van der Waals surface area contributed by atoms with Crippen LogP contribution in [0.4, 0.5) is 0 Å². The van der Waals surface area contributed by atoms with Gasteiger partial charge in [-0.3, -0.25) is 0 Å². The van der Waals surface area contributed by atoms with E-state index in [9.17, 15) is 0 Å². The van der Waals surface area contributed by atoms with Crippen molar-refractivity contribution in [1.82, 2.24) is 0 Å². The Bertz CT molecular complexity index is 383. The first-order valence-electron chi connectivity index (χ1n) is 9.10. The van der Waals surface area contributed by atoms with Crippen molar-refractivity contribution in [2.75, 3.05) is 0 Å². The molecule has 0 radical (unpaired) electrons. The largest absolute Gasteiger partial charge is 0.0654 e. The Balaban J connectivity index is 2.69. The van der Waals surface area contributed by atoms with Crippen LogP contribution in [0.2, 0.25) is 0 Å². The fourth-order valence-electron chi connectivity index (χ4n) is 3.28. The van der Waals surface area contributed by atoms with Gasteiger partial charge in [0.15, 0.2) is 0 Å². The molecule has 0 bridgehead atoms. The molecule has 0 nitrogen and oxygen atoms in total. The van der Waals surface area contributed by atoms with Gasteiger partial charge in [0.2, 0.25) is 0 Å². The van der Waals surface area contributed by atoms with Crippen molar-refractivity contribution in [3.05, 3.63) is 34.4 Å². The van der Waals surface area contributed by atoms with Crippen molar-refractivity contribution in [2.45, 2.75) is 98.3 Å². The smallest absolute Gasteiger partial charge is 0.0216 e. The quantitative estimate of drug-likeness (QED) is 0.423. The van der Waals surface area contributed by atoms with Crippen molar-refractivity contribution in [3.63, 3.8) is 0 Å². The Hall–Kier alpha value is -0.780. The first kappa shape index (κ1) is 18.3. The monoisotopic (exact) mass is 288 g/mol. The third-order valence-electron chi connectivity index (χ3n) is 4.61. The zero-order valence-corrected chi connectivity index (χ0v) is 15.3. The lowest BCUT2D eigenvalue weighted by molar-refractivity contribution is 0.607. The molecule has 0 heterocycles. The van der Waals surface area contributed by atoms with Crippen LogP contribution in [0.3, 0.4) is 0 Å². The fourth-order valence-corrected chi connectivity index (χ4v) is 3.28. The summed E-state index contributed by atoms with van der Waals surface area (Å²) < 4.78 is 0. The van der Waals surface area contributed by atoms with Crippen molar-refractivity contribution in [1.29, 1.82) is 0 Å². The minimum atomic E-state index is 0.631. The van der Waals surface area contributed by atoms with E-state index < -0.39 is 0 Å². The first-order valence-corrected chi connectivity index (χ1v) is 9.10. The maximum Gasteiger partial charge on any atom is -0.0216 e. The van der Waals surface area contributed by atoms with E-state index in [1.165, 1.54) is 50.5 Å². The highest BCUT2D eigenvalue weighted by Gasteiger charge is 2.12. The summed E-state index contributed by atoms with van der Waals surface area (Å²) in [4.78, 5) is 0. The molecule has 0 aliphatic heterocycles. The van der Waals surface area contributed by atoms with Gasteiger partial charge in [0.05, 0.1) is 0 Å². The fraction of sp³-hybridized carbons (Fsp3) is 0.714. The molecule has 0 aromatic heterocycles. The van der Waals surface area contributed by atoms with E-state index in [0.717, 1.165) is 0 Å². The molecule has 1 aromatic rings. The Kier molecular flexibility index (Phi) is 8.07. The number of aryl methyl sites for hydroxylation is 1. The Morgan fingerprint density at radius 1 is 0.762 bits per heavy atom. The van der Waals surface area contributed by atoms with Crippen LogP contribution >= 0.6 is 0 Å². The van der Waals surface area contributed by atoms with Crippen molar-refractivity contribution < 1.29 is 0 Å². The van der Waals surface area contributed by atoms with Crippen LogP contribution in [-0.2, 0) is 6.42 Å². The highest BCUT2D eigenvalue weighted by atomic mass is 14.2. The van der Waals surface area contributed by atoms with Crippen LogP contribution in [0.5, 0.6) is 0 Å². The summed E-state index contributed by atoms with van der Waals surface area (Å²) in [6.45, 7) is 13.9. The van der Waals surface area contributed by atoms with E-state index in [1.807, 2.05) is 0 Å². The van der Waals surface area contributed by atoms with Crippen LogP contribution in [0, 0.1) is 6.92 Å². The predicted octanol–water partition coefficient (Wildman–Crippen LogP) is 7.14. The van der Waals surface area contributed by atoms with Gasteiger partial charge in [-0.1, -0.05) is 78.9 Å². The molecule has 0 amide bonds. The predicted molar refractivity (Wildman–Crippen MR) is 96.4 cm³/mol. The third kappa shape index (κ3) is 5.85. The lowest BCUT2D eigenvalue weighted by atomic mass is 9.86. The van der Waals surface area contributed by atoms with Crippen LogP contribution < -0.4 is 0 Å². The van der Waals surface area contributed by atoms with Gasteiger partial charge in [-0.25, -0.2) is 0 Å². The van der Waals surface area contributed by atoms with E-state index >= 15 is 0 Å². The van der Waals surface area contributed by atoms with E-state index in [2.05, 4.69) is 53.7 Å². The van der Waals surface area contributed by atoms with Gasteiger partial charge < -0.3 is 0 Å². The zero-order valence-electron chi connectivity index (χ0n) is 15.3. The van der Waals surface area contributed by atoms with Crippen molar-refractivity contribution in [3.8, 4) is 0 Å². The van der Waals surface area contributed by atoms with Crippen molar-refractivity contribution >= 4 is 0 Å². The molecular weight excluding hydrogens is 252 g/mol. The molecule has 0 fully saturated rings. The Labute approximate surface area is 133 Å². The second kappa shape index (κ2) is 9.28. The summed E-state index contributed by atoms with van der Waals surface area (Å²) in [5.41, 5.74) is 6.19. The summed E-state index contributed by atoms with van der Waals surface area (Å²) in [5, 5.41) is 0. The maximum atomic E-state index is 2.47. The lowest BCUT2D eigenvalue weighted by Crippen LogP contribution is -2.02. The topological polar surface area (TPSA) is 0 Å². The molecule has 120 valence electrons. The number of unbranched alkanes of at least 4 members (excludes halogenated alkanes) is 5. The van der Waals surface area contributed by atoms with E-state index in [1.54, 1.807) is 16.7 Å².